The van der Waals surface area contributed by atoms with Crippen LogP contribution in [-0.2, 0) is 6.42 Å². The molecule has 0 bridgehead atoms. The highest BCUT2D eigenvalue weighted by atomic mass is 19.1. The van der Waals surface area contributed by atoms with Gasteiger partial charge in [-0.1, -0.05) is 30.3 Å². The van der Waals surface area contributed by atoms with Gasteiger partial charge >= 0.3 is 0 Å². The molecule has 0 radical (unpaired) electrons. The molecule has 5 atom stereocenters. The van der Waals surface area contributed by atoms with Crippen molar-refractivity contribution in [2.45, 2.75) is 36.9 Å². The second-order valence-corrected chi connectivity index (χ2v) is 7.00. The minimum absolute atomic E-state index is 0.0421. The molecule has 0 heterocycles. The van der Waals surface area contributed by atoms with Gasteiger partial charge in [0.2, 0.25) is 0 Å². The summed E-state index contributed by atoms with van der Waals surface area (Å²) >= 11 is 0. The van der Waals surface area contributed by atoms with Gasteiger partial charge < -0.3 is 15.3 Å². The summed E-state index contributed by atoms with van der Waals surface area (Å²) in [7, 11) is 0. The molecule has 1 fully saturated rings. The van der Waals surface area contributed by atoms with Crippen LogP contribution in [0, 0.1) is 11.7 Å². The molecule has 0 aliphatic heterocycles. The van der Waals surface area contributed by atoms with Crippen molar-refractivity contribution in [1.82, 2.24) is 0 Å². The van der Waals surface area contributed by atoms with Gasteiger partial charge in [0.25, 0.3) is 0 Å². The Morgan fingerprint density at radius 2 is 1.79 bits per heavy atom. The van der Waals surface area contributed by atoms with Crippen molar-refractivity contribution < 1.29 is 19.7 Å². The van der Waals surface area contributed by atoms with Gasteiger partial charge in [0.1, 0.15) is 5.82 Å². The van der Waals surface area contributed by atoms with E-state index in [-0.39, 0.29) is 30.2 Å². The van der Waals surface area contributed by atoms with Gasteiger partial charge in [-0.2, -0.15) is 0 Å². The van der Waals surface area contributed by atoms with Crippen molar-refractivity contribution in [3.05, 3.63) is 70.5 Å². The summed E-state index contributed by atoms with van der Waals surface area (Å²) in [6.07, 6.45) is -0.408. The lowest BCUT2D eigenvalue weighted by atomic mass is 9.56. The second kappa shape index (κ2) is 5.96. The number of hydrogen-bond acceptors (Lipinski definition) is 3. The third-order valence-electron chi connectivity index (χ3n) is 5.67. The fraction of sp³-hybridized carbons (Fsp3) is 0.400. The van der Waals surface area contributed by atoms with Crippen LogP contribution in [0.2, 0.25) is 0 Å². The zero-order chi connectivity index (χ0) is 16.8. The van der Waals surface area contributed by atoms with Crippen molar-refractivity contribution in [3.63, 3.8) is 0 Å². The number of halogens is 1. The molecular formula is C20H21FO3. The summed E-state index contributed by atoms with van der Waals surface area (Å²) in [5.41, 5.74) is 4.28. The lowest BCUT2D eigenvalue weighted by Gasteiger charge is -2.50. The predicted molar refractivity (Wildman–Crippen MR) is 88.3 cm³/mol. The van der Waals surface area contributed by atoms with Gasteiger partial charge in [-0.25, -0.2) is 4.39 Å². The van der Waals surface area contributed by atoms with Gasteiger partial charge in [-0.3, -0.25) is 0 Å². The molecule has 24 heavy (non-hydrogen) atoms. The highest BCUT2D eigenvalue weighted by Crippen LogP contribution is 2.58. The third-order valence-corrected chi connectivity index (χ3v) is 5.67. The molecule has 3 nitrogen and oxygen atoms in total. The first-order valence-corrected chi connectivity index (χ1v) is 8.43. The SMILES string of the molecule is OCC(O)C[C@@H]1[C@@H]2c3ccccc3Cc3ccc(F)cc3C2[C@@H]1O. The fourth-order valence-electron chi connectivity index (χ4n) is 4.55. The monoisotopic (exact) mass is 328 g/mol. The molecule has 4 rings (SSSR count). The molecule has 0 spiro atoms. The Labute approximate surface area is 140 Å². The van der Waals surface area contributed by atoms with Crippen LogP contribution in [0.1, 0.15) is 40.5 Å². The summed E-state index contributed by atoms with van der Waals surface area (Å²) in [5, 5.41) is 29.7. The standard InChI is InChI=1S/C20H21FO3/c21-13-6-5-12-7-11-3-1-2-4-15(11)18-17(9-14(23)10-22)20(24)19(18)16(12)8-13/h1-6,8,14,17-20,22-24H,7,9-10H2/t14?,17-,18+,19?,20-/m1/s1. The fourth-order valence-corrected chi connectivity index (χ4v) is 4.55. The van der Waals surface area contributed by atoms with Crippen molar-refractivity contribution in [3.8, 4) is 0 Å². The molecule has 0 saturated heterocycles. The normalized spacial score (nSPS) is 28.8. The van der Waals surface area contributed by atoms with Crippen molar-refractivity contribution >= 4 is 0 Å². The highest BCUT2D eigenvalue weighted by Gasteiger charge is 2.53. The first-order chi connectivity index (χ1) is 11.6. The van der Waals surface area contributed by atoms with Gasteiger partial charge in [-0.05, 0) is 59.1 Å². The zero-order valence-corrected chi connectivity index (χ0v) is 13.3. The maximum Gasteiger partial charge on any atom is 0.123 e. The number of aliphatic hydroxyl groups excluding tert-OH is 3. The van der Waals surface area contributed by atoms with Gasteiger partial charge in [0.05, 0.1) is 18.8 Å². The number of benzene rings is 2. The van der Waals surface area contributed by atoms with E-state index in [9.17, 15) is 14.6 Å². The molecule has 0 aromatic heterocycles. The van der Waals surface area contributed by atoms with E-state index in [0.717, 1.165) is 17.5 Å². The Hall–Kier alpha value is -1.75. The Balaban J connectivity index is 1.81. The quantitative estimate of drug-likeness (QED) is 0.810. The number of fused-ring (bicyclic) bond motifs is 5. The molecule has 4 heteroatoms. The zero-order valence-electron chi connectivity index (χ0n) is 13.3. The minimum Gasteiger partial charge on any atom is -0.394 e. The van der Waals surface area contributed by atoms with E-state index in [2.05, 4.69) is 12.1 Å². The Morgan fingerprint density at radius 1 is 1.04 bits per heavy atom. The van der Waals surface area contributed by atoms with E-state index < -0.39 is 12.2 Å². The molecular weight excluding hydrogens is 307 g/mol. The molecule has 1 saturated carbocycles. The third kappa shape index (κ3) is 2.37. The van der Waals surface area contributed by atoms with Crippen LogP contribution in [0.25, 0.3) is 0 Å². The van der Waals surface area contributed by atoms with E-state index >= 15 is 0 Å². The largest absolute Gasteiger partial charge is 0.394 e. The summed E-state index contributed by atoms with van der Waals surface area (Å²) < 4.78 is 13.8. The van der Waals surface area contributed by atoms with Gasteiger partial charge in [0, 0.05) is 5.92 Å². The van der Waals surface area contributed by atoms with Crippen LogP contribution in [0.15, 0.2) is 42.5 Å². The van der Waals surface area contributed by atoms with Crippen LogP contribution in [0.3, 0.4) is 0 Å². The lowest BCUT2D eigenvalue weighted by molar-refractivity contribution is -0.0558. The van der Waals surface area contributed by atoms with Gasteiger partial charge in [-0.15, -0.1) is 0 Å². The summed E-state index contributed by atoms with van der Waals surface area (Å²) in [4.78, 5) is 0. The van der Waals surface area contributed by atoms with E-state index in [0.29, 0.717) is 6.42 Å². The summed E-state index contributed by atoms with van der Waals surface area (Å²) in [6.45, 7) is -0.312. The Kier molecular flexibility index (Phi) is 3.91. The first kappa shape index (κ1) is 15.8. The van der Waals surface area contributed by atoms with Gasteiger partial charge in [0.15, 0.2) is 0 Å². The molecule has 2 aromatic carbocycles. The predicted octanol–water partition coefficient (Wildman–Crippen LogP) is 2.33. The average Bonchev–Trinajstić information content (AvgIpc) is 2.71. The molecule has 2 aliphatic carbocycles. The van der Waals surface area contributed by atoms with E-state index in [4.69, 9.17) is 5.11 Å². The molecule has 126 valence electrons. The number of rotatable bonds is 3. The van der Waals surface area contributed by atoms with E-state index in [1.807, 2.05) is 18.2 Å². The number of aliphatic hydroxyl groups is 3. The maximum atomic E-state index is 13.8. The van der Waals surface area contributed by atoms with Crippen LogP contribution in [-0.4, -0.2) is 34.1 Å². The molecule has 0 amide bonds. The maximum absolute atomic E-state index is 13.8. The minimum atomic E-state index is -0.840. The van der Waals surface area contributed by atoms with Crippen LogP contribution >= 0.6 is 0 Å². The van der Waals surface area contributed by atoms with Crippen LogP contribution < -0.4 is 0 Å². The molecule has 2 aliphatic rings. The number of hydrogen-bond donors (Lipinski definition) is 3. The Morgan fingerprint density at radius 3 is 2.58 bits per heavy atom. The summed E-state index contributed by atoms with van der Waals surface area (Å²) in [6, 6.07) is 13.0. The molecule has 3 N–H and O–H groups in total. The van der Waals surface area contributed by atoms with E-state index in [1.54, 1.807) is 6.07 Å². The highest BCUT2D eigenvalue weighted by molar-refractivity contribution is 5.49. The van der Waals surface area contributed by atoms with Crippen molar-refractivity contribution in [1.29, 1.82) is 0 Å². The molecule has 2 unspecified atom stereocenters. The Bertz CT molecular complexity index is 760. The van der Waals surface area contributed by atoms with Crippen molar-refractivity contribution in [2.24, 2.45) is 5.92 Å². The average molecular weight is 328 g/mol. The lowest BCUT2D eigenvalue weighted by Crippen LogP contribution is -2.49. The summed E-state index contributed by atoms with van der Waals surface area (Å²) in [5.74, 6) is -0.535. The van der Waals surface area contributed by atoms with Crippen molar-refractivity contribution in [2.75, 3.05) is 6.61 Å². The van der Waals surface area contributed by atoms with Crippen LogP contribution in [0.4, 0.5) is 4.39 Å². The second-order valence-electron chi connectivity index (χ2n) is 7.00. The van der Waals surface area contributed by atoms with Crippen LogP contribution in [0.5, 0.6) is 0 Å². The van der Waals surface area contributed by atoms with E-state index in [1.165, 1.54) is 17.2 Å². The smallest absolute Gasteiger partial charge is 0.123 e. The first-order valence-electron chi connectivity index (χ1n) is 8.43. The molecule has 2 aromatic rings. The topological polar surface area (TPSA) is 60.7 Å².